The zero-order valence-corrected chi connectivity index (χ0v) is 26.9. The van der Waals surface area contributed by atoms with E-state index >= 15 is 0 Å². The van der Waals surface area contributed by atoms with E-state index in [1.165, 1.54) is 0 Å². The van der Waals surface area contributed by atoms with Gasteiger partial charge in [0.25, 0.3) is 0 Å². The predicted octanol–water partition coefficient (Wildman–Crippen LogP) is 11.7. The van der Waals surface area contributed by atoms with E-state index < -0.39 is 0 Å². The number of aromatic nitrogens is 2. The van der Waals surface area contributed by atoms with Crippen LogP contribution in [0.1, 0.15) is 11.1 Å². The lowest BCUT2D eigenvalue weighted by Gasteiger charge is -2.16. The van der Waals surface area contributed by atoms with Crippen LogP contribution in [0.5, 0.6) is 0 Å². The fourth-order valence-electron chi connectivity index (χ4n) is 7.85. The lowest BCUT2D eigenvalue weighted by atomic mass is 9.94. The van der Waals surface area contributed by atoms with Gasteiger partial charge in [0.05, 0.1) is 39.8 Å². The summed E-state index contributed by atoms with van der Waals surface area (Å²) in [7, 11) is 0. The standard InChI is InChI=1S/C45H23N5O/c1-48-39-21-18-28(50-42-16-8-4-12-32(42)34-19-20-35-33-13-5-9-17-43(33)51-45(35)44(34)50)23-37(39)36-24-29(22-27(25-46)38(36)26-47)49-40-14-6-2-10-30(40)31-11-3-7-15-41(31)49/h2-24H. The van der Waals surface area contributed by atoms with Crippen LogP contribution in [0, 0.1) is 29.2 Å². The van der Waals surface area contributed by atoms with Gasteiger partial charge in [0, 0.05) is 43.7 Å². The molecule has 0 bridgehead atoms. The summed E-state index contributed by atoms with van der Waals surface area (Å²) in [6.07, 6.45) is 0. The Hall–Kier alpha value is -7.59. The molecule has 3 aromatic heterocycles. The maximum Gasteiger partial charge on any atom is 0.195 e. The minimum absolute atomic E-state index is 0.228. The van der Waals surface area contributed by atoms with Crippen LogP contribution < -0.4 is 0 Å². The first-order chi connectivity index (χ1) is 25.2. The molecule has 0 aliphatic heterocycles. The van der Waals surface area contributed by atoms with Crippen molar-refractivity contribution in [2.75, 3.05) is 0 Å². The number of rotatable bonds is 3. The fraction of sp³-hybridized carbons (Fsp3) is 0. The summed E-state index contributed by atoms with van der Waals surface area (Å²) in [5.74, 6) is 0. The van der Waals surface area contributed by atoms with Gasteiger partial charge in [-0.3, -0.25) is 0 Å². The third-order valence-electron chi connectivity index (χ3n) is 10.0. The Morgan fingerprint density at radius 2 is 1.12 bits per heavy atom. The van der Waals surface area contributed by atoms with Crippen LogP contribution in [0.2, 0.25) is 0 Å². The first-order valence-corrected chi connectivity index (χ1v) is 16.5. The van der Waals surface area contributed by atoms with Crippen LogP contribution >= 0.6 is 0 Å². The SMILES string of the molecule is [C-]#[N+]c1ccc(-n2c3ccccc3c3ccc4c5ccccc5oc4c32)cc1-c1cc(-n2c3ccccc3c3ccccc32)cc(C#N)c1C#N. The summed E-state index contributed by atoms with van der Waals surface area (Å²) in [5.41, 5.74) is 8.95. The summed E-state index contributed by atoms with van der Waals surface area (Å²) in [6, 6.07) is 50.9. The molecule has 234 valence electrons. The van der Waals surface area contributed by atoms with Gasteiger partial charge in [-0.2, -0.15) is 10.5 Å². The van der Waals surface area contributed by atoms with E-state index in [9.17, 15) is 10.5 Å². The highest BCUT2D eigenvalue weighted by molar-refractivity contribution is 6.21. The van der Waals surface area contributed by atoms with Crippen molar-refractivity contribution in [2.45, 2.75) is 0 Å². The number of nitrogens with zero attached hydrogens (tertiary/aromatic N) is 5. The molecule has 0 amide bonds. The average Bonchev–Trinajstić information content (AvgIpc) is 3.85. The van der Waals surface area contributed by atoms with E-state index in [2.05, 4.69) is 80.7 Å². The van der Waals surface area contributed by atoms with E-state index in [4.69, 9.17) is 11.0 Å². The summed E-state index contributed by atoms with van der Waals surface area (Å²) in [4.78, 5) is 3.92. The zero-order chi connectivity index (χ0) is 34.2. The molecule has 0 spiro atoms. The smallest absolute Gasteiger partial charge is 0.195 e. The third kappa shape index (κ3) is 3.95. The Balaban J connectivity index is 1.29. The molecule has 51 heavy (non-hydrogen) atoms. The lowest BCUT2D eigenvalue weighted by Crippen LogP contribution is -2.00. The molecule has 0 saturated carbocycles. The highest BCUT2D eigenvalue weighted by Gasteiger charge is 2.22. The number of nitriles is 2. The molecule has 0 radical (unpaired) electrons. The second-order valence-electron chi connectivity index (χ2n) is 12.6. The molecule has 3 heterocycles. The molecule has 0 aliphatic rings. The largest absolute Gasteiger partial charge is 0.454 e. The van der Waals surface area contributed by atoms with Crippen molar-refractivity contribution in [3.63, 3.8) is 0 Å². The molecule has 10 rings (SSSR count). The highest BCUT2D eigenvalue weighted by Crippen LogP contribution is 2.43. The van der Waals surface area contributed by atoms with Gasteiger partial charge in [0.15, 0.2) is 11.3 Å². The maximum absolute atomic E-state index is 10.5. The molecular weight excluding hydrogens is 627 g/mol. The normalized spacial score (nSPS) is 11.5. The molecule has 0 saturated heterocycles. The van der Waals surface area contributed by atoms with Crippen LogP contribution in [0.3, 0.4) is 0 Å². The molecular formula is C45H23N5O. The molecule has 0 N–H and O–H groups in total. The second-order valence-corrected chi connectivity index (χ2v) is 12.6. The average molecular weight is 650 g/mol. The van der Waals surface area contributed by atoms with Gasteiger partial charge in [0.2, 0.25) is 0 Å². The number of furan rings is 1. The molecule has 10 aromatic rings. The molecule has 7 aromatic carbocycles. The quantitative estimate of drug-likeness (QED) is 0.179. The topological polar surface area (TPSA) is 74.9 Å². The van der Waals surface area contributed by atoms with Crippen molar-refractivity contribution in [3.05, 3.63) is 162 Å². The summed E-state index contributed by atoms with van der Waals surface area (Å²) in [5, 5.41) is 27.3. The van der Waals surface area contributed by atoms with E-state index in [1.807, 2.05) is 72.8 Å². The van der Waals surface area contributed by atoms with E-state index in [-0.39, 0.29) is 11.1 Å². The van der Waals surface area contributed by atoms with Gasteiger partial charge in [-0.15, -0.1) is 0 Å². The zero-order valence-electron chi connectivity index (χ0n) is 26.9. The summed E-state index contributed by atoms with van der Waals surface area (Å²) < 4.78 is 10.9. The molecule has 0 unspecified atom stereocenters. The minimum Gasteiger partial charge on any atom is -0.454 e. The van der Waals surface area contributed by atoms with Gasteiger partial charge < -0.3 is 13.6 Å². The number of benzene rings is 7. The minimum atomic E-state index is 0.228. The van der Waals surface area contributed by atoms with E-state index in [0.717, 1.165) is 76.9 Å². The Bertz CT molecular complexity index is 3190. The Kier molecular flexibility index (Phi) is 5.97. The maximum atomic E-state index is 10.5. The molecule has 0 fully saturated rings. The Morgan fingerprint density at radius 1 is 0.529 bits per heavy atom. The first kappa shape index (κ1) is 28.4. The number of fused-ring (bicyclic) bond motifs is 10. The molecule has 6 nitrogen and oxygen atoms in total. The molecule has 0 atom stereocenters. The first-order valence-electron chi connectivity index (χ1n) is 16.5. The van der Waals surface area contributed by atoms with Gasteiger partial charge >= 0.3 is 0 Å². The number of para-hydroxylation sites is 4. The van der Waals surface area contributed by atoms with Crippen LogP contribution in [-0.2, 0) is 0 Å². The lowest BCUT2D eigenvalue weighted by molar-refractivity contribution is 0.671. The van der Waals surface area contributed by atoms with Gasteiger partial charge in [0.1, 0.15) is 17.7 Å². The van der Waals surface area contributed by atoms with Crippen LogP contribution in [-0.4, -0.2) is 9.13 Å². The highest BCUT2D eigenvalue weighted by atomic mass is 16.3. The second kappa shape index (κ2) is 10.7. The van der Waals surface area contributed by atoms with Crippen molar-refractivity contribution in [1.82, 2.24) is 9.13 Å². The summed E-state index contributed by atoms with van der Waals surface area (Å²) in [6.45, 7) is 8.20. The Morgan fingerprint density at radius 3 is 1.78 bits per heavy atom. The van der Waals surface area contributed by atoms with E-state index in [0.29, 0.717) is 16.8 Å². The molecule has 6 heteroatoms. The van der Waals surface area contributed by atoms with Crippen molar-refractivity contribution >= 4 is 71.2 Å². The van der Waals surface area contributed by atoms with Gasteiger partial charge in [-0.05, 0) is 65.7 Å². The third-order valence-corrected chi connectivity index (χ3v) is 10.0. The van der Waals surface area contributed by atoms with Gasteiger partial charge in [-0.25, -0.2) is 4.85 Å². The van der Waals surface area contributed by atoms with Gasteiger partial charge in [-0.1, -0.05) is 84.9 Å². The number of hydrogen-bond donors (Lipinski definition) is 0. The monoisotopic (exact) mass is 649 g/mol. The van der Waals surface area contributed by atoms with Crippen LogP contribution in [0.4, 0.5) is 5.69 Å². The van der Waals surface area contributed by atoms with Crippen molar-refractivity contribution in [2.24, 2.45) is 0 Å². The van der Waals surface area contributed by atoms with Crippen molar-refractivity contribution < 1.29 is 4.42 Å². The van der Waals surface area contributed by atoms with Crippen LogP contribution in [0.25, 0.3) is 92.9 Å². The van der Waals surface area contributed by atoms with E-state index in [1.54, 1.807) is 12.1 Å². The Labute approximate surface area is 291 Å². The summed E-state index contributed by atoms with van der Waals surface area (Å²) >= 11 is 0. The fourth-order valence-corrected chi connectivity index (χ4v) is 7.85. The molecule has 0 aliphatic carbocycles. The van der Waals surface area contributed by atoms with Crippen molar-refractivity contribution in [1.29, 1.82) is 10.5 Å². The van der Waals surface area contributed by atoms with Crippen molar-refractivity contribution in [3.8, 4) is 34.6 Å². The number of hydrogen-bond acceptors (Lipinski definition) is 3. The predicted molar refractivity (Wildman–Crippen MR) is 204 cm³/mol. The van der Waals surface area contributed by atoms with Crippen LogP contribution in [0.15, 0.2) is 144 Å².